The average molecular weight is 288 g/mol. The molecule has 0 spiro atoms. The largest absolute Gasteiger partial charge is 0.481 e. The maximum atomic E-state index is 13.0. The Morgan fingerprint density at radius 1 is 1.40 bits per heavy atom. The molecule has 2 rings (SSSR count). The van der Waals surface area contributed by atoms with E-state index < -0.39 is 24.1 Å². The van der Waals surface area contributed by atoms with Gasteiger partial charge in [0, 0.05) is 25.5 Å². The first-order valence-corrected chi connectivity index (χ1v) is 6.26. The molecule has 1 saturated heterocycles. The molecule has 1 aliphatic rings. The molecule has 0 amide bonds. The molecule has 0 aromatic carbocycles. The van der Waals surface area contributed by atoms with E-state index >= 15 is 0 Å². The molecule has 7 heteroatoms. The number of carboxylic acid groups (broad SMARTS) is 1. The molecule has 0 aliphatic carbocycles. The number of pyridine rings is 1. The highest BCUT2D eigenvalue weighted by Gasteiger charge is 2.63. The van der Waals surface area contributed by atoms with Gasteiger partial charge in [-0.1, -0.05) is 0 Å². The van der Waals surface area contributed by atoms with Crippen molar-refractivity contribution in [3.63, 3.8) is 0 Å². The van der Waals surface area contributed by atoms with E-state index in [1.54, 1.807) is 29.4 Å². The minimum Gasteiger partial charge on any atom is -0.481 e. The van der Waals surface area contributed by atoms with E-state index in [0.29, 0.717) is 13.0 Å². The number of rotatable bonds is 4. The van der Waals surface area contributed by atoms with Gasteiger partial charge in [0.2, 0.25) is 0 Å². The number of likely N-dealkylation sites (tertiary alicyclic amines) is 1. The van der Waals surface area contributed by atoms with Crippen molar-refractivity contribution in [2.45, 2.75) is 19.0 Å². The van der Waals surface area contributed by atoms with Gasteiger partial charge in [-0.25, -0.2) is 0 Å². The highest BCUT2D eigenvalue weighted by molar-refractivity contribution is 5.76. The van der Waals surface area contributed by atoms with Crippen LogP contribution in [-0.4, -0.2) is 46.8 Å². The van der Waals surface area contributed by atoms with Crippen LogP contribution in [0.15, 0.2) is 24.5 Å². The fourth-order valence-electron chi connectivity index (χ4n) is 2.44. The molecule has 0 radical (unpaired) electrons. The second kappa shape index (κ2) is 5.40. The summed E-state index contributed by atoms with van der Waals surface area (Å²) >= 11 is 0. The number of hydrogen-bond donors (Lipinski definition) is 1. The summed E-state index contributed by atoms with van der Waals surface area (Å²) in [5.41, 5.74) is -1.65. The summed E-state index contributed by atoms with van der Waals surface area (Å²) in [5.74, 6) is -1.78. The molecule has 0 bridgehead atoms. The predicted octanol–water partition coefficient (Wildman–Crippen LogP) is 1.96. The van der Waals surface area contributed by atoms with E-state index in [0.717, 1.165) is 5.56 Å². The van der Waals surface area contributed by atoms with Crippen LogP contribution in [0.5, 0.6) is 0 Å². The molecule has 1 aliphatic heterocycles. The Hall–Kier alpha value is -1.63. The van der Waals surface area contributed by atoms with E-state index in [-0.39, 0.29) is 13.0 Å². The van der Waals surface area contributed by atoms with Crippen molar-refractivity contribution in [3.05, 3.63) is 30.1 Å². The zero-order valence-corrected chi connectivity index (χ0v) is 10.7. The Kier molecular flexibility index (Phi) is 3.99. The molecule has 1 aromatic rings. The molecule has 1 fully saturated rings. The monoisotopic (exact) mass is 288 g/mol. The van der Waals surface area contributed by atoms with Gasteiger partial charge in [0.25, 0.3) is 0 Å². The number of carboxylic acids is 1. The number of nitrogens with zero attached hydrogens (tertiary/aromatic N) is 2. The molecular weight excluding hydrogens is 273 g/mol. The molecule has 110 valence electrons. The highest BCUT2D eigenvalue weighted by atomic mass is 19.4. The summed E-state index contributed by atoms with van der Waals surface area (Å²) in [6.45, 7) is 0.0862. The van der Waals surface area contributed by atoms with Crippen molar-refractivity contribution in [1.82, 2.24) is 9.88 Å². The third-order valence-electron chi connectivity index (χ3n) is 3.77. The molecular formula is C13H15F3N2O2. The zero-order valence-electron chi connectivity index (χ0n) is 10.7. The molecule has 2 heterocycles. The van der Waals surface area contributed by atoms with Gasteiger partial charge in [0.05, 0.1) is 0 Å². The Morgan fingerprint density at radius 2 is 2.05 bits per heavy atom. The molecule has 0 saturated carbocycles. The first kappa shape index (κ1) is 14.8. The Labute approximate surface area is 114 Å². The summed E-state index contributed by atoms with van der Waals surface area (Å²) in [7, 11) is 0. The van der Waals surface area contributed by atoms with Crippen molar-refractivity contribution in [2.75, 3.05) is 19.6 Å². The van der Waals surface area contributed by atoms with Crippen LogP contribution in [0.2, 0.25) is 0 Å². The first-order valence-electron chi connectivity index (χ1n) is 6.26. The minimum atomic E-state index is -4.72. The maximum Gasteiger partial charge on any atom is 0.406 e. The van der Waals surface area contributed by atoms with Gasteiger partial charge in [-0.2, -0.15) is 13.2 Å². The van der Waals surface area contributed by atoms with Crippen LogP contribution in [0.4, 0.5) is 13.2 Å². The van der Waals surface area contributed by atoms with Crippen LogP contribution in [0.25, 0.3) is 0 Å². The van der Waals surface area contributed by atoms with Gasteiger partial charge in [0.15, 0.2) is 5.41 Å². The highest BCUT2D eigenvalue weighted by Crippen LogP contribution is 2.45. The summed E-state index contributed by atoms with van der Waals surface area (Å²) in [6, 6.07) is 3.59. The van der Waals surface area contributed by atoms with Crippen LogP contribution in [0.3, 0.4) is 0 Å². The maximum absolute atomic E-state index is 13.0. The SMILES string of the molecule is O=C(O)C1(C(F)(F)F)CCN(CCc2ccncc2)C1. The topological polar surface area (TPSA) is 53.4 Å². The van der Waals surface area contributed by atoms with Crippen LogP contribution in [-0.2, 0) is 11.2 Å². The zero-order chi connectivity index (χ0) is 14.8. The van der Waals surface area contributed by atoms with Gasteiger partial charge in [-0.3, -0.25) is 9.78 Å². The molecule has 1 aromatic heterocycles. The summed E-state index contributed by atoms with van der Waals surface area (Å²) < 4.78 is 39.0. The third kappa shape index (κ3) is 2.77. The lowest BCUT2D eigenvalue weighted by molar-refractivity contribution is -0.227. The second-order valence-electron chi connectivity index (χ2n) is 5.02. The van der Waals surface area contributed by atoms with Gasteiger partial charge in [-0.15, -0.1) is 0 Å². The predicted molar refractivity (Wildman–Crippen MR) is 65.1 cm³/mol. The van der Waals surface area contributed by atoms with Crippen LogP contribution >= 0.6 is 0 Å². The van der Waals surface area contributed by atoms with Gasteiger partial charge >= 0.3 is 12.1 Å². The lowest BCUT2D eigenvalue weighted by Gasteiger charge is -2.27. The quantitative estimate of drug-likeness (QED) is 0.920. The smallest absolute Gasteiger partial charge is 0.406 e. The Morgan fingerprint density at radius 3 is 2.55 bits per heavy atom. The second-order valence-corrected chi connectivity index (χ2v) is 5.02. The van der Waals surface area contributed by atoms with Crippen molar-refractivity contribution < 1.29 is 23.1 Å². The van der Waals surface area contributed by atoms with E-state index in [4.69, 9.17) is 5.11 Å². The lowest BCUT2D eigenvalue weighted by atomic mass is 9.86. The van der Waals surface area contributed by atoms with Crippen LogP contribution in [0, 0.1) is 5.41 Å². The first-order chi connectivity index (χ1) is 9.35. The van der Waals surface area contributed by atoms with Crippen LogP contribution in [0.1, 0.15) is 12.0 Å². The fourth-order valence-corrected chi connectivity index (χ4v) is 2.44. The number of aromatic nitrogens is 1. The van der Waals surface area contributed by atoms with E-state index in [1.165, 1.54) is 0 Å². The number of carbonyl (C=O) groups is 1. The molecule has 1 atom stereocenters. The van der Waals surface area contributed by atoms with Gasteiger partial charge in [0.1, 0.15) is 0 Å². The van der Waals surface area contributed by atoms with Gasteiger partial charge in [-0.05, 0) is 37.1 Å². The number of hydrogen-bond acceptors (Lipinski definition) is 3. The van der Waals surface area contributed by atoms with E-state index in [9.17, 15) is 18.0 Å². The Bertz CT molecular complexity index is 478. The molecule has 1 N–H and O–H groups in total. The Balaban J connectivity index is 1.99. The average Bonchev–Trinajstić information content (AvgIpc) is 2.83. The van der Waals surface area contributed by atoms with Crippen molar-refractivity contribution in [2.24, 2.45) is 5.41 Å². The van der Waals surface area contributed by atoms with Gasteiger partial charge < -0.3 is 10.0 Å². The number of aliphatic carboxylic acids is 1. The summed E-state index contributed by atoms with van der Waals surface area (Å²) in [6.07, 6.45) is -1.28. The van der Waals surface area contributed by atoms with Crippen molar-refractivity contribution in [3.8, 4) is 0 Å². The summed E-state index contributed by atoms with van der Waals surface area (Å²) in [4.78, 5) is 16.5. The number of halogens is 3. The fraction of sp³-hybridized carbons (Fsp3) is 0.538. The third-order valence-corrected chi connectivity index (χ3v) is 3.77. The molecule has 1 unspecified atom stereocenters. The standard InChI is InChI=1S/C13H15F3N2O2/c14-13(15,16)12(11(19)20)4-8-18(9-12)7-3-10-1-5-17-6-2-10/h1-2,5-6H,3-4,7-9H2,(H,19,20). The van der Waals surface area contributed by atoms with E-state index in [2.05, 4.69) is 4.98 Å². The normalized spacial score (nSPS) is 23.9. The van der Waals surface area contributed by atoms with Crippen molar-refractivity contribution >= 4 is 5.97 Å². The number of alkyl halides is 3. The van der Waals surface area contributed by atoms with Crippen LogP contribution < -0.4 is 0 Å². The summed E-state index contributed by atoms with van der Waals surface area (Å²) in [5, 5.41) is 8.95. The molecule has 20 heavy (non-hydrogen) atoms. The van der Waals surface area contributed by atoms with Crippen molar-refractivity contribution in [1.29, 1.82) is 0 Å². The van der Waals surface area contributed by atoms with E-state index in [1.807, 2.05) is 0 Å². The minimum absolute atomic E-state index is 0.150. The lowest BCUT2D eigenvalue weighted by Crippen LogP contribution is -2.47. The molecule has 4 nitrogen and oxygen atoms in total.